The van der Waals surface area contributed by atoms with E-state index in [1.54, 1.807) is 19.2 Å². The molecule has 0 saturated heterocycles. The van der Waals surface area contributed by atoms with Crippen molar-refractivity contribution >= 4 is 0 Å². The molecule has 2 aromatic rings. The van der Waals surface area contributed by atoms with Crippen LogP contribution in [0.5, 0.6) is 0 Å². The maximum Gasteiger partial charge on any atom is 0.164 e. The number of hydrogen-bond donors (Lipinski definition) is 1. The molecule has 1 heterocycles. The van der Waals surface area contributed by atoms with E-state index in [4.69, 9.17) is 10.5 Å². The average molecular weight is 250 g/mol. The van der Waals surface area contributed by atoms with Crippen molar-refractivity contribution in [3.05, 3.63) is 35.9 Å². The largest absolute Gasteiger partial charge is 0.383 e. The van der Waals surface area contributed by atoms with Crippen molar-refractivity contribution in [3.8, 4) is 11.4 Å². The fourth-order valence-corrected chi connectivity index (χ4v) is 1.72. The van der Waals surface area contributed by atoms with Crippen LogP contribution in [0.1, 0.15) is 5.82 Å². The van der Waals surface area contributed by atoms with Gasteiger partial charge in [-0.05, 0) is 24.3 Å². The van der Waals surface area contributed by atoms with Gasteiger partial charge in [0.2, 0.25) is 0 Å². The molecule has 0 amide bonds. The maximum absolute atomic E-state index is 12.9. The van der Waals surface area contributed by atoms with Crippen LogP contribution in [0, 0.1) is 5.82 Å². The zero-order valence-corrected chi connectivity index (χ0v) is 10.1. The molecule has 5 nitrogen and oxygen atoms in total. The second kappa shape index (κ2) is 5.70. The Hall–Kier alpha value is -1.79. The lowest BCUT2D eigenvalue weighted by Gasteiger charge is -2.08. The Morgan fingerprint density at radius 3 is 2.61 bits per heavy atom. The molecule has 0 spiro atoms. The third-order valence-electron chi connectivity index (χ3n) is 2.63. The summed E-state index contributed by atoms with van der Waals surface area (Å²) in [5.41, 5.74) is 6.42. The van der Waals surface area contributed by atoms with Gasteiger partial charge < -0.3 is 15.0 Å². The Bertz CT molecular complexity index is 509. The molecular formula is C12H15FN4O. The van der Waals surface area contributed by atoms with Gasteiger partial charge >= 0.3 is 0 Å². The number of benzene rings is 1. The SMILES string of the molecule is COCCn1c(CN)nnc1-c1ccc(F)cc1. The van der Waals surface area contributed by atoms with Crippen LogP contribution in [-0.2, 0) is 17.8 Å². The van der Waals surface area contributed by atoms with Gasteiger partial charge in [-0.1, -0.05) is 0 Å². The summed E-state index contributed by atoms with van der Waals surface area (Å²) in [6.07, 6.45) is 0. The zero-order chi connectivity index (χ0) is 13.0. The second-order valence-corrected chi connectivity index (χ2v) is 3.80. The van der Waals surface area contributed by atoms with Crippen molar-refractivity contribution < 1.29 is 9.13 Å². The predicted molar refractivity (Wildman–Crippen MR) is 65.2 cm³/mol. The Morgan fingerprint density at radius 1 is 1.28 bits per heavy atom. The van der Waals surface area contributed by atoms with E-state index in [0.29, 0.717) is 31.3 Å². The van der Waals surface area contributed by atoms with E-state index in [9.17, 15) is 4.39 Å². The Morgan fingerprint density at radius 2 is 2.00 bits per heavy atom. The summed E-state index contributed by atoms with van der Waals surface area (Å²) in [4.78, 5) is 0. The zero-order valence-electron chi connectivity index (χ0n) is 10.1. The average Bonchev–Trinajstić information content (AvgIpc) is 2.80. The second-order valence-electron chi connectivity index (χ2n) is 3.80. The lowest BCUT2D eigenvalue weighted by Crippen LogP contribution is -2.12. The first kappa shape index (κ1) is 12.7. The summed E-state index contributed by atoms with van der Waals surface area (Å²) in [6.45, 7) is 1.46. The van der Waals surface area contributed by atoms with Crippen molar-refractivity contribution in [1.82, 2.24) is 14.8 Å². The number of methoxy groups -OCH3 is 1. The number of halogens is 1. The summed E-state index contributed by atoms with van der Waals surface area (Å²) < 4.78 is 19.8. The van der Waals surface area contributed by atoms with E-state index in [2.05, 4.69) is 10.2 Å². The molecule has 0 radical (unpaired) electrons. The lowest BCUT2D eigenvalue weighted by atomic mass is 10.2. The van der Waals surface area contributed by atoms with E-state index >= 15 is 0 Å². The summed E-state index contributed by atoms with van der Waals surface area (Å²) >= 11 is 0. The molecule has 0 saturated carbocycles. The van der Waals surface area contributed by atoms with Gasteiger partial charge in [-0.3, -0.25) is 0 Å². The summed E-state index contributed by atoms with van der Waals surface area (Å²) in [6, 6.07) is 6.13. The molecule has 6 heteroatoms. The smallest absolute Gasteiger partial charge is 0.164 e. The van der Waals surface area contributed by atoms with E-state index in [-0.39, 0.29) is 5.82 Å². The summed E-state index contributed by atoms with van der Waals surface area (Å²) in [5, 5.41) is 8.12. The standard InChI is InChI=1S/C12H15FN4O/c1-18-7-6-17-11(8-14)15-16-12(17)9-2-4-10(13)5-3-9/h2-5H,6-8,14H2,1H3. The van der Waals surface area contributed by atoms with Crippen LogP contribution in [0.4, 0.5) is 4.39 Å². The molecular weight excluding hydrogens is 235 g/mol. The van der Waals surface area contributed by atoms with E-state index < -0.39 is 0 Å². The van der Waals surface area contributed by atoms with Gasteiger partial charge in [0.05, 0.1) is 13.2 Å². The Balaban J connectivity index is 2.37. The minimum Gasteiger partial charge on any atom is -0.383 e. The first-order chi connectivity index (χ1) is 8.76. The molecule has 0 aliphatic rings. The first-order valence-corrected chi connectivity index (χ1v) is 5.63. The van der Waals surface area contributed by atoms with Gasteiger partial charge in [-0.2, -0.15) is 0 Å². The van der Waals surface area contributed by atoms with Crippen LogP contribution in [0.25, 0.3) is 11.4 Å². The molecule has 0 unspecified atom stereocenters. The molecule has 0 aliphatic heterocycles. The van der Waals surface area contributed by atoms with E-state index in [0.717, 1.165) is 5.56 Å². The van der Waals surface area contributed by atoms with Crippen molar-refractivity contribution in [2.24, 2.45) is 5.73 Å². The normalized spacial score (nSPS) is 10.8. The highest BCUT2D eigenvalue weighted by atomic mass is 19.1. The minimum absolute atomic E-state index is 0.277. The van der Waals surface area contributed by atoms with Crippen LogP contribution in [0.2, 0.25) is 0 Å². The van der Waals surface area contributed by atoms with Crippen molar-refractivity contribution in [3.63, 3.8) is 0 Å². The highest BCUT2D eigenvalue weighted by Gasteiger charge is 2.12. The molecule has 2 N–H and O–H groups in total. The highest BCUT2D eigenvalue weighted by molar-refractivity contribution is 5.55. The van der Waals surface area contributed by atoms with Gasteiger partial charge in [-0.15, -0.1) is 10.2 Å². The maximum atomic E-state index is 12.9. The van der Waals surface area contributed by atoms with Gasteiger partial charge in [0.1, 0.15) is 11.6 Å². The van der Waals surface area contributed by atoms with Gasteiger partial charge in [0, 0.05) is 19.2 Å². The topological polar surface area (TPSA) is 66.0 Å². The van der Waals surface area contributed by atoms with Gasteiger partial charge in [0.25, 0.3) is 0 Å². The summed E-state index contributed by atoms with van der Waals surface area (Å²) in [5.74, 6) is 1.08. The molecule has 1 aromatic carbocycles. The van der Waals surface area contributed by atoms with Crippen LogP contribution in [0.3, 0.4) is 0 Å². The van der Waals surface area contributed by atoms with Crippen LogP contribution >= 0.6 is 0 Å². The fraction of sp³-hybridized carbons (Fsp3) is 0.333. The number of rotatable bonds is 5. The molecule has 1 aromatic heterocycles. The third-order valence-corrected chi connectivity index (χ3v) is 2.63. The Kier molecular flexibility index (Phi) is 4.01. The predicted octanol–water partition coefficient (Wildman–Crippen LogP) is 1.19. The van der Waals surface area contributed by atoms with Crippen molar-refractivity contribution in [2.75, 3.05) is 13.7 Å². The number of nitrogens with two attached hydrogens (primary N) is 1. The fourth-order valence-electron chi connectivity index (χ4n) is 1.72. The van der Waals surface area contributed by atoms with Crippen molar-refractivity contribution in [2.45, 2.75) is 13.1 Å². The molecule has 0 bridgehead atoms. The van der Waals surface area contributed by atoms with E-state index in [1.807, 2.05) is 4.57 Å². The highest BCUT2D eigenvalue weighted by Crippen LogP contribution is 2.18. The molecule has 0 fully saturated rings. The molecule has 0 aliphatic carbocycles. The lowest BCUT2D eigenvalue weighted by molar-refractivity contribution is 0.186. The van der Waals surface area contributed by atoms with E-state index in [1.165, 1.54) is 12.1 Å². The van der Waals surface area contributed by atoms with Crippen LogP contribution < -0.4 is 5.73 Å². The monoisotopic (exact) mass is 250 g/mol. The molecule has 2 rings (SSSR count). The third kappa shape index (κ3) is 2.55. The molecule has 18 heavy (non-hydrogen) atoms. The number of ether oxygens (including phenoxy) is 1. The Labute approximate surface area is 104 Å². The first-order valence-electron chi connectivity index (χ1n) is 5.63. The van der Waals surface area contributed by atoms with Crippen molar-refractivity contribution in [1.29, 1.82) is 0 Å². The minimum atomic E-state index is -0.277. The van der Waals surface area contributed by atoms with Gasteiger partial charge in [-0.25, -0.2) is 4.39 Å². The molecule has 96 valence electrons. The number of hydrogen-bond acceptors (Lipinski definition) is 4. The quantitative estimate of drug-likeness (QED) is 0.865. The molecule has 0 atom stereocenters. The van der Waals surface area contributed by atoms with Gasteiger partial charge in [0.15, 0.2) is 5.82 Å². The van der Waals surface area contributed by atoms with Crippen LogP contribution in [-0.4, -0.2) is 28.5 Å². The number of aromatic nitrogens is 3. The number of nitrogens with zero attached hydrogens (tertiary/aromatic N) is 3. The van der Waals surface area contributed by atoms with Crippen LogP contribution in [0.15, 0.2) is 24.3 Å². The summed E-state index contributed by atoms with van der Waals surface area (Å²) in [7, 11) is 1.63.